The van der Waals surface area contributed by atoms with Crippen LogP contribution in [0.15, 0.2) is 47.8 Å². The highest BCUT2D eigenvalue weighted by atomic mass is 35.5. The Hall–Kier alpha value is -2.41. The first-order valence-electron chi connectivity index (χ1n) is 10.0. The number of aromatic nitrogens is 1. The molecule has 30 heavy (non-hydrogen) atoms. The van der Waals surface area contributed by atoms with E-state index in [0.29, 0.717) is 16.7 Å². The van der Waals surface area contributed by atoms with Crippen LogP contribution in [0.25, 0.3) is 11.3 Å². The molecule has 1 amide bonds. The maximum atomic E-state index is 12.5. The average molecular weight is 441 g/mol. The summed E-state index contributed by atoms with van der Waals surface area (Å²) in [5.41, 5.74) is 5.78. The number of benzene rings is 2. The van der Waals surface area contributed by atoms with Gasteiger partial charge in [-0.2, -0.15) is 0 Å². The molecule has 1 aliphatic heterocycles. The first-order chi connectivity index (χ1) is 14.5. The molecule has 0 atom stereocenters. The summed E-state index contributed by atoms with van der Waals surface area (Å²) < 4.78 is 0. The molecule has 1 aromatic heterocycles. The Labute approximate surface area is 186 Å². The number of carbonyl (C=O) groups is 1. The second-order valence-corrected chi connectivity index (χ2v) is 8.87. The van der Waals surface area contributed by atoms with Crippen LogP contribution in [-0.2, 0) is 4.79 Å². The van der Waals surface area contributed by atoms with E-state index >= 15 is 0 Å². The molecule has 1 N–H and O–H groups in total. The normalized spacial score (nSPS) is 14.7. The molecule has 0 bridgehead atoms. The number of anilines is 2. The molecule has 1 saturated heterocycles. The molecule has 2 aromatic carbocycles. The van der Waals surface area contributed by atoms with E-state index in [0.717, 1.165) is 37.4 Å². The fourth-order valence-corrected chi connectivity index (χ4v) is 4.53. The Bertz CT molecular complexity index is 1030. The number of amides is 1. The number of aryl methyl sites for hydroxylation is 1. The summed E-state index contributed by atoms with van der Waals surface area (Å²) in [6.07, 6.45) is 0. The third-order valence-electron chi connectivity index (χ3n) is 5.55. The van der Waals surface area contributed by atoms with Crippen molar-refractivity contribution >= 4 is 39.7 Å². The van der Waals surface area contributed by atoms with Crippen molar-refractivity contribution in [2.45, 2.75) is 13.8 Å². The van der Waals surface area contributed by atoms with E-state index in [1.807, 2.05) is 29.6 Å². The average Bonchev–Trinajstić information content (AvgIpc) is 3.19. The molecule has 156 valence electrons. The van der Waals surface area contributed by atoms with Crippen molar-refractivity contribution in [3.8, 4) is 11.3 Å². The van der Waals surface area contributed by atoms with Crippen molar-refractivity contribution in [2.24, 2.45) is 0 Å². The van der Waals surface area contributed by atoms with Crippen molar-refractivity contribution in [1.29, 1.82) is 0 Å². The molecule has 5 nitrogen and oxygen atoms in total. The van der Waals surface area contributed by atoms with Crippen LogP contribution in [0.1, 0.15) is 11.1 Å². The predicted octanol–water partition coefficient (Wildman–Crippen LogP) is 4.84. The monoisotopic (exact) mass is 440 g/mol. The van der Waals surface area contributed by atoms with Crippen LogP contribution in [0.5, 0.6) is 0 Å². The molecule has 7 heteroatoms. The molecule has 0 radical (unpaired) electrons. The summed E-state index contributed by atoms with van der Waals surface area (Å²) in [5.74, 6) is -0.0211. The zero-order valence-corrected chi connectivity index (χ0v) is 18.8. The lowest BCUT2D eigenvalue weighted by Crippen LogP contribution is -2.48. The summed E-state index contributed by atoms with van der Waals surface area (Å²) >= 11 is 7.38. The van der Waals surface area contributed by atoms with Crippen LogP contribution in [0, 0.1) is 13.8 Å². The molecular weight excluding hydrogens is 416 g/mol. The van der Waals surface area contributed by atoms with Gasteiger partial charge in [0, 0.05) is 47.8 Å². The lowest BCUT2D eigenvalue weighted by molar-refractivity contribution is -0.117. The molecule has 0 saturated carbocycles. The van der Waals surface area contributed by atoms with Gasteiger partial charge in [0.15, 0.2) is 5.13 Å². The number of hydrogen-bond donors (Lipinski definition) is 1. The molecule has 1 fully saturated rings. The first-order valence-corrected chi connectivity index (χ1v) is 11.3. The summed E-state index contributed by atoms with van der Waals surface area (Å²) in [6.45, 7) is 8.30. The standard InChI is InChI=1S/C23H25ClN4OS/c1-16-4-3-5-21(17(16)2)28-12-10-27(11-13-28)14-22(29)26-23-25-20(15-30-23)18-6-8-19(24)9-7-18/h3-9,15H,10-14H2,1-2H3,(H,25,26,29). The predicted molar refractivity (Wildman–Crippen MR) is 126 cm³/mol. The largest absolute Gasteiger partial charge is 0.369 e. The number of halogens is 1. The van der Waals surface area contributed by atoms with Gasteiger partial charge in [0.25, 0.3) is 0 Å². The Morgan fingerprint density at radius 2 is 1.83 bits per heavy atom. The van der Waals surface area contributed by atoms with E-state index in [9.17, 15) is 4.79 Å². The lowest BCUT2D eigenvalue weighted by Gasteiger charge is -2.36. The van der Waals surface area contributed by atoms with Crippen molar-refractivity contribution < 1.29 is 4.79 Å². The van der Waals surface area contributed by atoms with Gasteiger partial charge in [0.1, 0.15) is 0 Å². The Morgan fingerprint density at radius 3 is 2.57 bits per heavy atom. The van der Waals surface area contributed by atoms with Crippen LogP contribution >= 0.6 is 22.9 Å². The highest BCUT2D eigenvalue weighted by Gasteiger charge is 2.21. The number of nitrogens with one attached hydrogen (secondary N) is 1. The van der Waals surface area contributed by atoms with Crippen molar-refractivity contribution in [1.82, 2.24) is 9.88 Å². The third-order valence-corrected chi connectivity index (χ3v) is 6.56. The summed E-state index contributed by atoms with van der Waals surface area (Å²) in [7, 11) is 0. The van der Waals surface area contributed by atoms with E-state index < -0.39 is 0 Å². The van der Waals surface area contributed by atoms with Gasteiger partial charge in [-0.25, -0.2) is 4.98 Å². The minimum absolute atomic E-state index is 0.0211. The van der Waals surface area contributed by atoms with Gasteiger partial charge in [-0.3, -0.25) is 9.69 Å². The molecule has 0 aliphatic carbocycles. The van der Waals surface area contributed by atoms with E-state index in [-0.39, 0.29) is 5.91 Å². The zero-order valence-electron chi connectivity index (χ0n) is 17.2. The minimum Gasteiger partial charge on any atom is -0.369 e. The Balaban J connectivity index is 1.29. The SMILES string of the molecule is Cc1cccc(N2CCN(CC(=O)Nc3nc(-c4ccc(Cl)cc4)cs3)CC2)c1C. The van der Waals surface area contributed by atoms with Gasteiger partial charge in [-0.1, -0.05) is 35.9 Å². The second-order valence-electron chi connectivity index (χ2n) is 7.58. The molecule has 4 rings (SSSR count). The second kappa shape index (κ2) is 9.16. The number of thiazole rings is 1. The van der Waals surface area contributed by atoms with E-state index in [4.69, 9.17) is 11.6 Å². The van der Waals surface area contributed by atoms with Crippen LogP contribution in [-0.4, -0.2) is 48.5 Å². The molecular formula is C23H25ClN4OS. The van der Waals surface area contributed by atoms with Crippen molar-refractivity contribution in [2.75, 3.05) is 42.9 Å². The van der Waals surface area contributed by atoms with Crippen LogP contribution in [0.3, 0.4) is 0 Å². The summed E-state index contributed by atoms with van der Waals surface area (Å²) in [5, 5.41) is 6.20. The molecule has 1 aliphatic rings. The quantitative estimate of drug-likeness (QED) is 0.616. The van der Waals surface area contributed by atoms with Crippen LogP contribution < -0.4 is 10.2 Å². The molecule has 3 aromatic rings. The van der Waals surface area contributed by atoms with Gasteiger partial charge in [-0.15, -0.1) is 11.3 Å². The molecule has 0 unspecified atom stereocenters. The number of piperazine rings is 1. The first kappa shape index (κ1) is 20.8. The van der Waals surface area contributed by atoms with Crippen LogP contribution in [0.2, 0.25) is 5.02 Å². The smallest absolute Gasteiger partial charge is 0.240 e. The Morgan fingerprint density at radius 1 is 1.10 bits per heavy atom. The summed E-state index contributed by atoms with van der Waals surface area (Å²) in [6, 6.07) is 14.0. The minimum atomic E-state index is -0.0211. The fraction of sp³-hybridized carbons (Fsp3) is 0.304. The third kappa shape index (κ3) is 4.83. The fourth-order valence-electron chi connectivity index (χ4n) is 3.67. The maximum absolute atomic E-state index is 12.5. The van der Waals surface area contributed by atoms with Crippen molar-refractivity contribution in [3.63, 3.8) is 0 Å². The zero-order chi connectivity index (χ0) is 21.1. The van der Waals surface area contributed by atoms with Gasteiger partial charge in [-0.05, 0) is 43.2 Å². The van der Waals surface area contributed by atoms with E-state index in [1.165, 1.54) is 28.2 Å². The topological polar surface area (TPSA) is 48.5 Å². The van der Waals surface area contributed by atoms with Crippen LogP contribution in [0.4, 0.5) is 10.8 Å². The van der Waals surface area contributed by atoms with Gasteiger partial charge >= 0.3 is 0 Å². The van der Waals surface area contributed by atoms with E-state index in [2.05, 4.69) is 52.1 Å². The van der Waals surface area contributed by atoms with Gasteiger partial charge in [0.05, 0.1) is 12.2 Å². The van der Waals surface area contributed by atoms with E-state index in [1.54, 1.807) is 0 Å². The molecule has 2 heterocycles. The lowest BCUT2D eigenvalue weighted by atomic mass is 10.1. The summed E-state index contributed by atoms with van der Waals surface area (Å²) in [4.78, 5) is 21.6. The number of nitrogens with zero attached hydrogens (tertiary/aromatic N) is 3. The van der Waals surface area contributed by atoms with Gasteiger partial charge < -0.3 is 10.2 Å². The number of carbonyl (C=O) groups excluding carboxylic acids is 1. The number of hydrogen-bond acceptors (Lipinski definition) is 5. The Kier molecular flexibility index (Phi) is 6.37. The molecule has 0 spiro atoms. The van der Waals surface area contributed by atoms with Gasteiger partial charge in [0.2, 0.25) is 5.91 Å². The highest BCUT2D eigenvalue weighted by Crippen LogP contribution is 2.26. The maximum Gasteiger partial charge on any atom is 0.240 e. The highest BCUT2D eigenvalue weighted by molar-refractivity contribution is 7.14. The van der Waals surface area contributed by atoms with Crippen molar-refractivity contribution in [3.05, 3.63) is 64.0 Å². The number of rotatable bonds is 5.